The van der Waals surface area contributed by atoms with Gasteiger partial charge < -0.3 is 10.2 Å². The van der Waals surface area contributed by atoms with Gasteiger partial charge in [-0.3, -0.25) is 9.59 Å². The lowest BCUT2D eigenvalue weighted by molar-refractivity contribution is -0.133. The van der Waals surface area contributed by atoms with Crippen LogP contribution < -0.4 is 5.32 Å². The van der Waals surface area contributed by atoms with Gasteiger partial charge in [0.05, 0.1) is 21.6 Å². The zero-order valence-corrected chi connectivity index (χ0v) is 18.2. The lowest BCUT2D eigenvalue weighted by Crippen LogP contribution is -2.43. The van der Waals surface area contributed by atoms with Gasteiger partial charge in [0, 0.05) is 24.4 Å². The number of piperidine rings is 1. The largest absolute Gasteiger partial charge is 0.342 e. The second-order valence-electron chi connectivity index (χ2n) is 7.98. The molecule has 0 aromatic heterocycles. The van der Waals surface area contributed by atoms with Gasteiger partial charge in [-0.2, -0.15) is 0 Å². The second kappa shape index (κ2) is 8.45. The molecule has 2 amide bonds. The molecule has 3 rings (SSSR count). The summed E-state index contributed by atoms with van der Waals surface area (Å²) in [7, 11) is -3.60. The molecule has 3 unspecified atom stereocenters. The van der Waals surface area contributed by atoms with Crippen molar-refractivity contribution in [3.63, 3.8) is 0 Å². The number of rotatable bonds is 5. The number of hydrogen-bond donors (Lipinski definition) is 1. The fourth-order valence-electron chi connectivity index (χ4n) is 3.96. The molecule has 1 aromatic rings. The van der Waals surface area contributed by atoms with Crippen molar-refractivity contribution in [3.05, 3.63) is 18.2 Å². The summed E-state index contributed by atoms with van der Waals surface area (Å²) in [5.74, 6) is 0.464. The number of fused-ring (bicyclic) bond motifs is 1. The van der Waals surface area contributed by atoms with Crippen LogP contribution in [0.1, 0.15) is 40.0 Å². The van der Waals surface area contributed by atoms with Crippen LogP contribution in [0.2, 0.25) is 0 Å². The highest BCUT2D eigenvalue weighted by Crippen LogP contribution is 2.38. The minimum absolute atomic E-state index is 0.0160. The number of sulfone groups is 1. The summed E-state index contributed by atoms with van der Waals surface area (Å²) in [6.07, 6.45) is 1.80. The molecule has 3 atom stereocenters. The number of amides is 2. The van der Waals surface area contributed by atoms with Crippen molar-refractivity contribution in [1.29, 1.82) is 0 Å². The second-order valence-corrected chi connectivity index (χ2v) is 11.3. The first kappa shape index (κ1) is 21.2. The Balaban J connectivity index is 1.67. The zero-order valence-electron chi connectivity index (χ0n) is 16.6. The van der Waals surface area contributed by atoms with Gasteiger partial charge >= 0.3 is 0 Å². The lowest BCUT2D eigenvalue weighted by atomic mass is 9.92. The summed E-state index contributed by atoms with van der Waals surface area (Å²) in [4.78, 5) is 27.4. The highest BCUT2D eigenvalue weighted by molar-refractivity contribution is 8.01. The average molecular weight is 425 g/mol. The zero-order chi connectivity index (χ0) is 20.5. The van der Waals surface area contributed by atoms with Crippen molar-refractivity contribution in [1.82, 2.24) is 4.90 Å². The third kappa shape index (κ3) is 4.71. The maximum absolute atomic E-state index is 12.7. The summed E-state index contributed by atoms with van der Waals surface area (Å²) < 4.78 is 25.5. The Morgan fingerprint density at radius 2 is 1.93 bits per heavy atom. The van der Waals surface area contributed by atoms with Crippen LogP contribution in [-0.4, -0.2) is 49.2 Å². The van der Waals surface area contributed by atoms with Crippen molar-refractivity contribution < 1.29 is 18.0 Å². The highest BCUT2D eigenvalue weighted by Gasteiger charge is 2.29. The Labute approximate surface area is 171 Å². The van der Waals surface area contributed by atoms with Gasteiger partial charge in [-0.05, 0) is 42.9 Å². The Hall–Kier alpha value is -1.54. The number of hydrogen-bond acceptors (Lipinski definition) is 5. The molecule has 2 aliphatic rings. The van der Waals surface area contributed by atoms with E-state index in [0.717, 1.165) is 11.3 Å². The molecule has 0 aliphatic carbocycles. The van der Waals surface area contributed by atoms with Crippen LogP contribution >= 0.6 is 11.8 Å². The quantitative estimate of drug-likeness (QED) is 0.785. The Bertz CT molecular complexity index is 859. The predicted octanol–water partition coefficient (Wildman–Crippen LogP) is 3.18. The number of nitrogens with one attached hydrogen (secondary N) is 1. The van der Waals surface area contributed by atoms with Crippen LogP contribution in [0.4, 0.5) is 5.69 Å². The van der Waals surface area contributed by atoms with E-state index in [1.807, 2.05) is 6.92 Å². The van der Waals surface area contributed by atoms with E-state index in [4.69, 9.17) is 0 Å². The van der Waals surface area contributed by atoms with Crippen LogP contribution in [0.15, 0.2) is 28.0 Å². The standard InChI is InChI=1S/C20H28N2O4S2/c1-4-17-20(24)21-16-10-15(5-6-18(16)27-17)28(25,26)8-7-19(23)22-11-13(2)9-14(3)12-22/h5-6,10,13-14,17H,4,7-9,11-12H2,1-3H3,(H,21,24). The summed E-state index contributed by atoms with van der Waals surface area (Å²) in [6, 6.07) is 4.82. The van der Waals surface area contributed by atoms with Crippen LogP contribution in [0.25, 0.3) is 0 Å². The molecule has 2 aliphatic heterocycles. The summed E-state index contributed by atoms with van der Waals surface area (Å²) >= 11 is 1.45. The van der Waals surface area contributed by atoms with Crippen molar-refractivity contribution in [2.45, 2.75) is 55.1 Å². The monoisotopic (exact) mass is 424 g/mol. The van der Waals surface area contributed by atoms with Gasteiger partial charge in [-0.15, -0.1) is 11.8 Å². The fourth-order valence-corrected chi connectivity index (χ4v) is 6.23. The predicted molar refractivity (Wildman–Crippen MR) is 111 cm³/mol. The first-order chi connectivity index (χ1) is 13.2. The molecule has 0 spiro atoms. The number of carbonyl (C=O) groups is 2. The molecular formula is C20H28N2O4S2. The maximum atomic E-state index is 12.7. The third-order valence-corrected chi connectivity index (χ3v) is 8.46. The van der Waals surface area contributed by atoms with Gasteiger partial charge in [0.25, 0.3) is 0 Å². The van der Waals surface area contributed by atoms with Crippen LogP contribution in [0.5, 0.6) is 0 Å². The van der Waals surface area contributed by atoms with E-state index in [1.165, 1.54) is 17.8 Å². The summed E-state index contributed by atoms with van der Waals surface area (Å²) in [6.45, 7) is 7.58. The molecule has 0 radical (unpaired) electrons. The van der Waals surface area contributed by atoms with E-state index in [-0.39, 0.29) is 34.1 Å². The number of carbonyl (C=O) groups excluding carboxylic acids is 2. The SMILES string of the molecule is CCC1Sc2ccc(S(=O)(=O)CCC(=O)N3CC(C)CC(C)C3)cc2NC1=O. The Kier molecular flexibility index (Phi) is 6.39. The molecular weight excluding hydrogens is 396 g/mol. The molecule has 2 heterocycles. The lowest BCUT2D eigenvalue weighted by Gasteiger charge is -2.35. The van der Waals surface area contributed by atoms with Crippen LogP contribution in [0, 0.1) is 11.8 Å². The van der Waals surface area contributed by atoms with E-state index >= 15 is 0 Å². The van der Waals surface area contributed by atoms with Gasteiger partial charge in [0.1, 0.15) is 0 Å². The van der Waals surface area contributed by atoms with Crippen molar-refractivity contribution in [2.24, 2.45) is 11.8 Å². The molecule has 28 heavy (non-hydrogen) atoms. The van der Waals surface area contributed by atoms with Crippen molar-refractivity contribution in [3.8, 4) is 0 Å². The van der Waals surface area contributed by atoms with Crippen molar-refractivity contribution >= 4 is 39.1 Å². The molecule has 1 fully saturated rings. The first-order valence-corrected chi connectivity index (χ1v) is 12.3. The summed E-state index contributed by atoms with van der Waals surface area (Å²) in [5.41, 5.74) is 0.533. The molecule has 1 saturated heterocycles. The minimum Gasteiger partial charge on any atom is -0.342 e. The van der Waals surface area contributed by atoms with E-state index in [2.05, 4.69) is 19.2 Å². The van der Waals surface area contributed by atoms with E-state index < -0.39 is 9.84 Å². The first-order valence-electron chi connectivity index (χ1n) is 9.81. The Morgan fingerprint density at radius 1 is 1.25 bits per heavy atom. The van der Waals surface area contributed by atoms with E-state index in [9.17, 15) is 18.0 Å². The van der Waals surface area contributed by atoms with Crippen molar-refractivity contribution in [2.75, 3.05) is 24.2 Å². The van der Waals surface area contributed by atoms with E-state index in [0.29, 0.717) is 37.0 Å². The minimum atomic E-state index is -3.60. The third-order valence-electron chi connectivity index (χ3n) is 5.31. The number of benzene rings is 1. The molecule has 1 aromatic carbocycles. The van der Waals surface area contributed by atoms with Gasteiger partial charge in [0.15, 0.2) is 9.84 Å². The fraction of sp³-hybridized carbons (Fsp3) is 0.600. The van der Waals surface area contributed by atoms with Gasteiger partial charge in [-0.25, -0.2) is 8.42 Å². The number of anilines is 1. The molecule has 8 heteroatoms. The smallest absolute Gasteiger partial charge is 0.237 e. The topological polar surface area (TPSA) is 83.6 Å². The summed E-state index contributed by atoms with van der Waals surface area (Å²) in [5, 5.41) is 2.65. The number of thioether (sulfide) groups is 1. The number of nitrogens with zero attached hydrogens (tertiary/aromatic N) is 1. The average Bonchev–Trinajstić information content (AvgIpc) is 2.64. The molecule has 0 bridgehead atoms. The Morgan fingerprint density at radius 3 is 2.57 bits per heavy atom. The molecule has 1 N–H and O–H groups in total. The number of likely N-dealkylation sites (tertiary alicyclic amines) is 1. The molecule has 154 valence electrons. The van der Waals surface area contributed by atoms with Gasteiger partial charge in [-0.1, -0.05) is 20.8 Å². The van der Waals surface area contributed by atoms with E-state index in [1.54, 1.807) is 17.0 Å². The van der Waals surface area contributed by atoms with Crippen LogP contribution in [-0.2, 0) is 19.4 Å². The maximum Gasteiger partial charge on any atom is 0.237 e. The molecule has 6 nitrogen and oxygen atoms in total. The highest BCUT2D eigenvalue weighted by atomic mass is 32.2. The van der Waals surface area contributed by atoms with Crippen LogP contribution in [0.3, 0.4) is 0 Å². The molecule has 0 saturated carbocycles. The normalized spacial score (nSPS) is 25.2. The van der Waals surface area contributed by atoms with Gasteiger partial charge in [0.2, 0.25) is 11.8 Å².